The van der Waals surface area contributed by atoms with Gasteiger partial charge in [-0.3, -0.25) is 5.84 Å². The molecule has 4 N–H and O–H groups in total. The Morgan fingerprint density at radius 3 is 2.67 bits per heavy atom. The molecule has 0 aromatic carbocycles. The Morgan fingerprint density at radius 1 is 1.56 bits per heavy atom. The van der Waals surface area contributed by atoms with Gasteiger partial charge in [-0.05, 0) is 12.8 Å². The van der Waals surface area contributed by atoms with Crippen molar-refractivity contribution >= 4 is 0 Å². The molecule has 0 bridgehead atoms. The van der Waals surface area contributed by atoms with Crippen molar-refractivity contribution in [3.8, 4) is 0 Å². The topological polar surface area (TPSA) is 58.3 Å². The lowest BCUT2D eigenvalue weighted by atomic mass is 10.2. The summed E-state index contributed by atoms with van der Waals surface area (Å²) in [6.07, 6.45) is 3.62. The summed E-state index contributed by atoms with van der Waals surface area (Å²) in [5.41, 5.74) is 2.28. The maximum Gasteiger partial charge on any atom is 0.116 e. The van der Waals surface area contributed by atoms with E-state index < -0.39 is 6.23 Å². The smallest absolute Gasteiger partial charge is 0.116 e. The zero-order valence-electron chi connectivity index (χ0n) is 5.93. The molecule has 0 fully saturated rings. The zero-order chi connectivity index (χ0) is 7.11. The molecular weight excluding hydrogens is 116 g/mol. The number of aliphatic hydroxyl groups is 1. The fraction of sp³-hybridized carbons (Fsp3) is 1.00. The van der Waals surface area contributed by atoms with E-state index in [0.29, 0.717) is 0 Å². The number of nitrogens with one attached hydrogen (secondary N) is 1. The molecule has 1 unspecified atom stereocenters. The molecule has 0 heterocycles. The molecule has 0 aliphatic rings. The molecule has 0 aliphatic carbocycles. The molecule has 0 rings (SSSR count). The Kier molecular flexibility index (Phi) is 5.93. The molecule has 56 valence electrons. The lowest BCUT2D eigenvalue weighted by molar-refractivity contribution is 0.125. The van der Waals surface area contributed by atoms with E-state index in [4.69, 9.17) is 10.9 Å². The molecule has 0 amide bonds. The fourth-order valence-electron chi connectivity index (χ4n) is 0.671. The molecule has 3 heteroatoms. The number of unbranched alkanes of at least 4 members (excludes halogenated alkanes) is 2. The van der Waals surface area contributed by atoms with Crippen LogP contribution in [0.2, 0.25) is 0 Å². The van der Waals surface area contributed by atoms with E-state index in [0.717, 1.165) is 12.8 Å². The Hall–Kier alpha value is -0.120. The van der Waals surface area contributed by atoms with Crippen LogP contribution >= 0.6 is 0 Å². The zero-order valence-corrected chi connectivity index (χ0v) is 5.93. The number of rotatable bonds is 5. The van der Waals surface area contributed by atoms with E-state index in [9.17, 15) is 0 Å². The van der Waals surface area contributed by atoms with Gasteiger partial charge in [0.05, 0.1) is 0 Å². The van der Waals surface area contributed by atoms with E-state index in [2.05, 4.69) is 12.3 Å². The van der Waals surface area contributed by atoms with Gasteiger partial charge < -0.3 is 5.11 Å². The molecule has 3 nitrogen and oxygen atoms in total. The van der Waals surface area contributed by atoms with Crippen molar-refractivity contribution in [3.63, 3.8) is 0 Å². The first-order chi connectivity index (χ1) is 4.31. The van der Waals surface area contributed by atoms with Crippen molar-refractivity contribution in [2.45, 2.75) is 38.8 Å². The van der Waals surface area contributed by atoms with Gasteiger partial charge in [0.1, 0.15) is 6.23 Å². The second kappa shape index (κ2) is 6.01. The fourth-order valence-corrected chi connectivity index (χ4v) is 0.671. The Morgan fingerprint density at radius 2 is 2.22 bits per heavy atom. The highest BCUT2D eigenvalue weighted by molar-refractivity contribution is 4.46. The molecule has 0 aromatic heterocycles. The summed E-state index contributed by atoms with van der Waals surface area (Å²) in [5.74, 6) is 4.95. The number of hydrogen-bond acceptors (Lipinski definition) is 3. The van der Waals surface area contributed by atoms with E-state index in [1.165, 1.54) is 12.8 Å². The van der Waals surface area contributed by atoms with Crippen LogP contribution < -0.4 is 11.3 Å². The third-order valence-electron chi connectivity index (χ3n) is 1.27. The Labute approximate surface area is 56.2 Å². The minimum absolute atomic E-state index is 0.517. The summed E-state index contributed by atoms with van der Waals surface area (Å²) in [7, 11) is 0. The minimum Gasteiger partial charge on any atom is -0.377 e. The van der Waals surface area contributed by atoms with Gasteiger partial charge in [0.15, 0.2) is 0 Å². The van der Waals surface area contributed by atoms with Crippen molar-refractivity contribution in [1.82, 2.24) is 5.43 Å². The largest absolute Gasteiger partial charge is 0.377 e. The third kappa shape index (κ3) is 5.76. The number of hydrogen-bond donors (Lipinski definition) is 3. The first-order valence-electron chi connectivity index (χ1n) is 3.45. The Bertz CT molecular complexity index is 59.0. The standard InChI is InChI=1S/C6H16N2O/c1-2-3-4-5-6(9)8-7/h6,8-9H,2-5,7H2,1H3. The van der Waals surface area contributed by atoms with E-state index >= 15 is 0 Å². The second-order valence-electron chi connectivity index (χ2n) is 2.18. The summed E-state index contributed by atoms with van der Waals surface area (Å²) in [6.45, 7) is 2.13. The van der Waals surface area contributed by atoms with Crippen LogP contribution in [0.1, 0.15) is 32.6 Å². The van der Waals surface area contributed by atoms with Crippen molar-refractivity contribution in [3.05, 3.63) is 0 Å². The average molecular weight is 132 g/mol. The molecule has 0 spiro atoms. The summed E-state index contributed by atoms with van der Waals surface area (Å²) < 4.78 is 0. The summed E-state index contributed by atoms with van der Waals surface area (Å²) >= 11 is 0. The Balaban J connectivity index is 2.88. The molecule has 0 radical (unpaired) electrons. The minimum atomic E-state index is -0.517. The van der Waals surface area contributed by atoms with Crippen LogP contribution in [0.3, 0.4) is 0 Å². The lowest BCUT2D eigenvalue weighted by Gasteiger charge is -2.06. The monoisotopic (exact) mass is 132 g/mol. The average Bonchev–Trinajstić information content (AvgIpc) is 1.89. The van der Waals surface area contributed by atoms with E-state index in [-0.39, 0.29) is 0 Å². The van der Waals surface area contributed by atoms with Crippen molar-refractivity contribution in [2.24, 2.45) is 5.84 Å². The molecule has 9 heavy (non-hydrogen) atoms. The van der Waals surface area contributed by atoms with Crippen LogP contribution in [0.25, 0.3) is 0 Å². The number of nitrogens with two attached hydrogens (primary N) is 1. The van der Waals surface area contributed by atoms with Crippen molar-refractivity contribution < 1.29 is 5.11 Å². The summed E-state index contributed by atoms with van der Waals surface area (Å²) in [4.78, 5) is 0. The van der Waals surface area contributed by atoms with E-state index in [1.54, 1.807) is 0 Å². The molecule has 0 saturated heterocycles. The van der Waals surface area contributed by atoms with Crippen LogP contribution in [0.15, 0.2) is 0 Å². The van der Waals surface area contributed by atoms with Crippen molar-refractivity contribution in [2.75, 3.05) is 0 Å². The normalized spacial score (nSPS) is 13.7. The lowest BCUT2D eigenvalue weighted by Crippen LogP contribution is -2.34. The maximum atomic E-state index is 8.85. The number of hydrazine groups is 1. The van der Waals surface area contributed by atoms with Gasteiger partial charge in [0, 0.05) is 0 Å². The SMILES string of the molecule is CCCCCC(O)NN. The van der Waals surface area contributed by atoms with Crippen molar-refractivity contribution in [1.29, 1.82) is 0 Å². The van der Waals surface area contributed by atoms with Gasteiger partial charge in [-0.2, -0.15) is 0 Å². The predicted molar refractivity (Wildman–Crippen MR) is 37.5 cm³/mol. The molecule has 1 atom stereocenters. The van der Waals surface area contributed by atoms with Gasteiger partial charge in [0.25, 0.3) is 0 Å². The van der Waals surface area contributed by atoms with Crippen LogP contribution in [0.4, 0.5) is 0 Å². The van der Waals surface area contributed by atoms with Crippen LogP contribution in [0.5, 0.6) is 0 Å². The highest BCUT2D eigenvalue weighted by Gasteiger charge is 1.96. The molecular formula is C6H16N2O. The van der Waals surface area contributed by atoms with E-state index in [1.807, 2.05) is 0 Å². The highest BCUT2D eigenvalue weighted by atomic mass is 16.3. The second-order valence-corrected chi connectivity index (χ2v) is 2.18. The first-order valence-corrected chi connectivity index (χ1v) is 3.45. The molecule has 0 saturated carbocycles. The summed E-state index contributed by atoms with van der Waals surface area (Å²) in [5, 5.41) is 8.85. The molecule has 0 aromatic rings. The van der Waals surface area contributed by atoms with Crippen LogP contribution in [-0.2, 0) is 0 Å². The van der Waals surface area contributed by atoms with Crippen LogP contribution in [0, 0.1) is 0 Å². The number of aliphatic hydroxyl groups excluding tert-OH is 1. The van der Waals surface area contributed by atoms with Gasteiger partial charge in [-0.15, -0.1) is 0 Å². The first kappa shape index (κ1) is 8.88. The van der Waals surface area contributed by atoms with Gasteiger partial charge in [-0.25, -0.2) is 5.43 Å². The van der Waals surface area contributed by atoms with Gasteiger partial charge in [0.2, 0.25) is 0 Å². The maximum absolute atomic E-state index is 8.85. The predicted octanol–water partition coefficient (Wildman–Crippen LogP) is 0.348. The summed E-state index contributed by atoms with van der Waals surface area (Å²) in [6, 6.07) is 0. The highest BCUT2D eigenvalue weighted by Crippen LogP contribution is 1.99. The van der Waals surface area contributed by atoms with Gasteiger partial charge >= 0.3 is 0 Å². The third-order valence-corrected chi connectivity index (χ3v) is 1.27. The quantitative estimate of drug-likeness (QED) is 0.219. The molecule has 0 aliphatic heterocycles. The van der Waals surface area contributed by atoms with Crippen LogP contribution in [-0.4, -0.2) is 11.3 Å². The van der Waals surface area contributed by atoms with Gasteiger partial charge in [-0.1, -0.05) is 19.8 Å².